The van der Waals surface area contributed by atoms with Gasteiger partial charge in [-0.05, 0) is 83.9 Å². The van der Waals surface area contributed by atoms with Crippen molar-refractivity contribution in [2.24, 2.45) is 0 Å². The Kier molecular flexibility index (Phi) is 8.66. The van der Waals surface area contributed by atoms with E-state index in [1.54, 1.807) is 0 Å². The third-order valence-corrected chi connectivity index (χ3v) is 8.44. The number of aliphatic carboxylic acids is 1. The molecule has 1 N–H and O–H groups in total. The molecular weight excluding hydrogens is 598 g/mol. The minimum absolute atomic E-state index is 0.00801. The summed E-state index contributed by atoms with van der Waals surface area (Å²) in [6, 6.07) is 11.2. The van der Waals surface area contributed by atoms with Gasteiger partial charge in [0.15, 0.2) is 23.1 Å². The third kappa shape index (κ3) is 5.70. The van der Waals surface area contributed by atoms with E-state index in [1.165, 1.54) is 0 Å². The Morgan fingerprint density at radius 2 is 1.62 bits per heavy atom. The van der Waals surface area contributed by atoms with Crippen LogP contribution in [0.3, 0.4) is 0 Å². The lowest BCUT2D eigenvalue weighted by molar-refractivity contribution is -0.137. The first kappa shape index (κ1) is 28.4. The van der Waals surface area contributed by atoms with E-state index < -0.39 is 11.9 Å². The molecular formula is C31H31BrClNO6. The normalized spacial score (nSPS) is 17.6. The van der Waals surface area contributed by atoms with E-state index in [2.05, 4.69) is 15.9 Å². The van der Waals surface area contributed by atoms with Gasteiger partial charge in [0, 0.05) is 52.9 Å². The molecule has 2 aromatic carbocycles. The molecule has 7 nitrogen and oxygen atoms in total. The zero-order valence-corrected chi connectivity index (χ0v) is 24.6. The van der Waals surface area contributed by atoms with Crippen LogP contribution in [-0.2, 0) is 21.0 Å². The van der Waals surface area contributed by atoms with Gasteiger partial charge in [-0.25, -0.2) is 0 Å². The van der Waals surface area contributed by atoms with Gasteiger partial charge in [0.2, 0.25) is 0 Å². The topological polar surface area (TPSA) is 93.1 Å². The summed E-state index contributed by atoms with van der Waals surface area (Å²) in [5.74, 6) is -0.372. The van der Waals surface area contributed by atoms with Gasteiger partial charge in [0.1, 0.15) is 6.61 Å². The van der Waals surface area contributed by atoms with Crippen molar-refractivity contribution in [3.63, 3.8) is 0 Å². The lowest BCUT2D eigenvalue weighted by Gasteiger charge is -2.44. The number of carboxylic acids is 1. The average molecular weight is 629 g/mol. The number of hydrogen-bond acceptors (Lipinski definition) is 6. The second-order valence-corrected chi connectivity index (χ2v) is 11.5. The van der Waals surface area contributed by atoms with E-state index in [0.29, 0.717) is 83.9 Å². The standard InChI is InChI=1S/C31H31BrClNO6/c1-2-39-26-16-19(15-21(32)31(26)40-17-18-9-11-20(33)12-10-18)28-29-22(5-3-7-24(29)35)34(14-13-27(37)38)23-6-4-8-25(36)30(23)28/h9-12,15-16,28H,2-8,13-14,17H2,1H3,(H,37,38). The van der Waals surface area contributed by atoms with Gasteiger partial charge in [-0.15, -0.1) is 0 Å². The van der Waals surface area contributed by atoms with Crippen LogP contribution in [-0.4, -0.2) is 40.7 Å². The fraction of sp³-hybridized carbons (Fsp3) is 0.387. The molecule has 9 heteroatoms. The van der Waals surface area contributed by atoms with Gasteiger partial charge in [0.25, 0.3) is 0 Å². The van der Waals surface area contributed by atoms with Crippen LogP contribution in [0.1, 0.15) is 68.9 Å². The smallest absolute Gasteiger partial charge is 0.305 e. The highest BCUT2D eigenvalue weighted by Crippen LogP contribution is 2.51. The van der Waals surface area contributed by atoms with E-state index in [0.717, 1.165) is 22.5 Å². The summed E-state index contributed by atoms with van der Waals surface area (Å²) in [6.07, 6.45) is 3.49. The summed E-state index contributed by atoms with van der Waals surface area (Å²) in [4.78, 5) is 40.5. The summed E-state index contributed by atoms with van der Waals surface area (Å²) in [6.45, 7) is 2.84. The molecule has 0 saturated carbocycles. The first-order valence-corrected chi connectivity index (χ1v) is 14.8. The van der Waals surface area contributed by atoms with Gasteiger partial charge >= 0.3 is 5.97 Å². The number of nitrogens with zero attached hydrogens (tertiary/aromatic N) is 1. The molecule has 1 aliphatic heterocycles. The number of carbonyl (C=O) groups is 3. The van der Waals surface area contributed by atoms with Crippen molar-refractivity contribution in [2.75, 3.05) is 13.2 Å². The summed E-state index contributed by atoms with van der Waals surface area (Å²) in [5, 5.41) is 10.1. The molecule has 2 aliphatic carbocycles. The summed E-state index contributed by atoms with van der Waals surface area (Å²) < 4.78 is 12.9. The highest BCUT2D eigenvalue weighted by Gasteiger charge is 2.43. The zero-order chi connectivity index (χ0) is 28.4. The monoisotopic (exact) mass is 627 g/mol. The Morgan fingerprint density at radius 3 is 2.20 bits per heavy atom. The van der Waals surface area contributed by atoms with Gasteiger partial charge in [-0.1, -0.05) is 23.7 Å². The molecule has 2 aromatic rings. The number of hydrogen-bond donors (Lipinski definition) is 1. The molecule has 5 rings (SSSR count). The Balaban J connectivity index is 1.60. The largest absolute Gasteiger partial charge is 0.490 e. The fourth-order valence-electron chi connectivity index (χ4n) is 5.92. The van der Waals surface area contributed by atoms with Crippen molar-refractivity contribution < 1.29 is 29.0 Å². The second-order valence-electron chi connectivity index (χ2n) is 10.2. The molecule has 0 radical (unpaired) electrons. The van der Waals surface area contributed by atoms with Crippen molar-refractivity contribution in [1.29, 1.82) is 0 Å². The van der Waals surface area contributed by atoms with Crippen LogP contribution >= 0.6 is 27.5 Å². The minimum atomic E-state index is -0.907. The van der Waals surface area contributed by atoms with Crippen LogP contribution < -0.4 is 9.47 Å². The van der Waals surface area contributed by atoms with Crippen molar-refractivity contribution >= 4 is 45.1 Å². The summed E-state index contributed by atoms with van der Waals surface area (Å²) >= 11 is 9.69. The maximum atomic E-state index is 13.5. The highest BCUT2D eigenvalue weighted by molar-refractivity contribution is 9.10. The van der Waals surface area contributed by atoms with Crippen LogP contribution in [0.15, 0.2) is 63.4 Å². The SMILES string of the molecule is CCOc1cc(C2C3=C(CCCC3=O)N(CCC(=O)O)C3=C2C(=O)CCC3)cc(Br)c1OCc1ccc(Cl)cc1. The van der Waals surface area contributed by atoms with Crippen molar-refractivity contribution in [3.05, 3.63) is 79.6 Å². The van der Waals surface area contributed by atoms with Crippen molar-refractivity contribution in [3.8, 4) is 11.5 Å². The molecule has 0 atom stereocenters. The van der Waals surface area contributed by atoms with E-state index in [-0.39, 0.29) is 24.5 Å². The van der Waals surface area contributed by atoms with Crippen LogP contribution in [0.2, 0.25) is 5.02 Å². The van der Waals surface area contributed by atoms with Gasteiger partial charge in [0.05, 0.1) is 17.5 Å². The molecule has 1 heterocycles. The predicted molar refractivity (Wildman–Crippen MR) is 155 cm³/mol. The maximum Gasteiger partial charge on any atom is 0.305 e. The fourth-order valence-corrected chi connectivity index (χ4v) is 6.62. The number of carboxylic acid groups (broad SMARTS) is 1. The Bertz CT molecular complexity index is 1370. The van der Waals surface area contributed by atoms with Crippen LogP contribution in [0.4, 0.5) is 0 Å². The number of rotatable bonds is 9. The third-order valence-electron chi connectivity index (χ3n) is 7.60. The average Bonchev–Trinajstić information content (AvgIpc) is 2.92. The highest BCUT2D eigenvalue weighted by atomic mass is 79.9. The number of halogens is 2. The first-order chi connectivity index (χ1) is 19.3. The van der Waals surface area contributed by atoms with Gasteiger partial charge < -0.3 is 19.5 Å². The second kappa shape index (κ2) is 12.2. The zero-order valence-electron chi connectivity index (χ0n) is 22.3. The molecule has 0 bridgehead atoms. The van der Waals surface area contributed by atoms with Crippen LogP contribution in [0.25, 0.3) is 0 Å². The summed E-state index contributed by atoms with van der Waals surface area (Å²) in [7, 11) is 0. The quantitative estimate of drug-likeness (QED) is 0.321. The molecule has 0 amide bonds. The predicted octanol–water partition coefficient (Wildman–Crippen LogP) is 6.97. The Hall–Kier alpha value is -3.10. The van der Waals surface area contributed by atoms with Crippen molar-refractivity contribution in [1.82, 2.24) is 4.90 Å². The Morgan fingerprint density at radius 1 is 1.00 bits per heavy atom. The number of benzene rings is 2. The number of carbonyl (C=O) groups excluding carboxylic acids is 2. The maximum absolute atomic E-state index is 13.5. The number of Topliss-reactive ketones (excluding diaryl/α,β-unsaturated/α-hetero) is 2. The number of allylic oxidation sites excluding steroid dienone is 4. The molecule has 0 spiro atoms. The molecule has 210 valence electrons. The van der Waals surface area contributed by atoms with E-state index in [9.17, 15) is 19.5 Å². The number of ether oxygens (including phenoxy) is 2. The molecule has 0 aromatic heterocycles. The summed E-state index contributed by atoms with van der Waals surface area (Å²) in [5.41, 5.74) is 4.64. The Labute approximate surface area is 246 Å². The first-order valence-electron chi connectivity index (χ1n) is 13.6. The van der Waals surface area contributed by atoms with Gasteiger partial charge in [-0.2, -0.15) is 0 Å². The molecule has 0 fully saturated rings. The number of ketones is 2. The van der Waals surface area contributed by atoms with Gasteiger partial charge in [-0.3, -0.25) is 14.4 Å². The lowest BCUT2D eigenvalue weighted by atomic mass is 9.71. The van der Waals surface area contributed by atoms with Crippen LogP contribution in [0.5, 0.6) is 11.5 Å². The van der Waals surface area contributed by atoms with E-state index in [4.69, 9.17) is 21.1 Å². The van der Waals surface area contributed by atoms with Crippen LogP contribution in [0, 0.1) is 0 Å². The lowest BCUT2D eigenvalue weighted by Crippen LogP contribution is -2.39. The van der Waals surface area contributed by atoms with Crippen molar-refractivity contribution in [2.45, 2.75) is 64.4 Å². The van der Waals surface area contributed by atoms with E-state index in [1.807, 2.05) is 48.2 Å². The van der Waals surface area contributed by atoms with E-state index >= 15 is 0 Å². The molecule has 0 saturated heterocycles. The molecule has 3 aliphatic rings. The molecule has 0 unspecified atom stereocenters. The molecule has 40 heavy (non-hydrogen) atoms. The minimum Gasteiger partial charge on any atom is -0.490 e.